The molecule has 0 N–H and O–H groups in total. The molecule has 0 saturated heterocycles. The minimum absolute atomic E-state index is 0.239. The van der Waals surface area contributed by atoms with Crippen molar-refractivity contribution in [3.05, 3.63) is 42.5 Å². The second kappa shape index (κ2) is 8.75. The molecule has 0 bridgehead atoms. The molecule has 0 radical (unpaired) electrons. The zero-order chi connectivity index (χ0) is 19.2. The van der Waals surface area contributed by atoms with Crippen molar-refractivity contribution in [3.8, 4) is 23.0 Å². The number of pyridine rings is 2. The van der Waals surface area contributed by atoms with Crippen LogP contribution in [-0.2, 0) is 6.42 Å². The van der Waals surface area contributed by atoms with Gasteiger partial charge in [0.05, 0.1) is 51.7 Å². The molecule has 6 nitrogen and oxygen atoms in total. The highest BCUT2D eigenvalue weighted by Gasteiger charge is 2.20. The Morgan fingerprint density at radius 2 is 1.59 bits per heavy atom. The van der Waals surface area contributed by atoms with E-state index in [1.807, 2.05) is 6.07 Å². The van der Waals surface area contributed by atoms with Crippen molar-refractivity contribution in [2.24, 2.45) is 0 Å². The van der Waals surface area contributed by atoms with Crippen LogP contribution in [0.3, 0.4) is 0 Å². The number of nitrogens with zero attached hydrogens (tertiary/aromatic N) is 2. The molecular formula is C21H26N2O4. The van der Waals surface area contributed by atoms with Crippen molar-refractivity contribution in [3.63, 3.8) is 0 Å². The van der Waals surface area contributed by atoms with Gasteiger partial charge in [0, 0.05) is 18.1 Å². The van der Waals surface area contributed by atoms with Gasteiger partial charge in [-0.3, -0.25) is 9.97 Å². The summed E-state index contributed by atoms with van der Waals surface area (Å²) in [5.41, 5.74) is 2.47. The highest BCUT2D eigenvalue weighted by molar-refractivity contribution is 5.67. The molecule has 2 heterocycles. The summed E-state index contributed by atoms with van der Waals surface area (Å²) in [6, 6.07) is 1.90. The Bertz CT molecular complexity index is 779. The van der Waals surface area contributed by atoms with Crippen LogP contribution >= 0.6 is 0 Å². The third kappa shape index (κ3) is 4.32. The Kier molecular flexibility index (Phi) is 6.16. The standard InChI is InChI=1S/C21H26N2O4/c1-14(9-16-19(24-2)11-22-12-20(16)25-3)17-10-18(21(26-4)13-23-17)27-15-7-5-6-8-15/h10-13,15H,1,5-9H2,2-4H3. The number of rotatable bonds is 8. The van der Waals surface area contributed by atoms with E-state index in [4.69, 9.17) is 18.9 Å². The molecule has 0 atom stereocenters. The molecule has 2 aromatic rings. The smallest absolute Gasteiger partial charge is 0.179 e. The van der Waals surface area contributed by atoms with E-state index in [0.717, 1.165) is 29.7 Å². The Labute approximate surface area is 160 Å². The van der Waals surface area contributed by atoms with Crippen LogP contribution in [0.25, 0.3) is 5.57 Å². The molecule has 0 amide bonds. The van der Waals surface area contributed by atoms with Crippen molar-refractivity contribution in [1.29, 1.82) is 0 Å². The summed E-state index contributed by atoms with van der Waals surface area (Å²) in [4.78, 5) is 8.62. The maximum atomic E-state index is 6.16. The summed E-state index contributed by atoms with van der Waals surface area (Å²) in [7, 11) is 4.85. The second-order valence-corrected chi connectivity index (χ2v) is 6.55. The first-order valence-electron chi connectivity index (χ1n) is 9.10. The van der Waals surface area contributed by atoms with E-state index in [9.17, 15) is 0 Å². The summed E-state index contributed by atoms with van der Waals surface area (Å²) in [6.07, 6.45) is 10.4. The van der Waals surface area contributed by atoms with Crippen LogP contribution in [0.1, 0.15) is 36.9 Å². The summed E-state index contributed by atoms with van der Waals surface area (Å²) < 4.78 is 22.4. The molecule has 3 rings (SSSR count). The van der Waals surface area contributed by atoms with Crippen LogP contribution in [0, 0.1) is 0 Å². The number of ether oxygens (including phenoxy) is 4. The molecule has 1 aliphatic rings. The van der Waals surface area contributed by atoms with Crippen LogP contribution in [0.15, 0.2) is 31.2 Å². The van der Waals surface area contributed by atoms with Gasteiger partial charge in [0.1, 0.15) is 11.5 Å². The molecule has 0 aliphatic heterocycles. The fourth-order valence-electron chi connectivity index (χ4n) is 3.33. The quantitative estimate of drug-likeness (QED) is 0.698. The van der Waals surface area contributed by atoms with E-state index in [1.165, 1.54) is 12.8 Å². The third-order valence-electron chi connectivity index (χ3n) is 4.82. The van der Waals surface area contributed by atoms with E-state index >= 15 is 0 Å². The topological polar surface area (TPSA) is 62.7 Å². The summed E-state index contributed by atoms with van der Waals surface area (Å²) in [5.74, 6) is 2.67. The zero-order valence-corrected chi connectivity index (χ0v) is 16.2. The van der Waals surface area contributed by atoms with Crippen LogP contribution < -0.4 is 18.9 Å². The van der Waals surface area contributed by atoms with Crippen molar-refractivity contribution in [1.82, 2.24) is 9.97 Å². The van der Waals surface area contributed by atoms with Crippen molar-refractivity contribution < 1.29 is 18.9 Å². The molecule has 144 valence electrons. The molecule has 0 unspecified atom stereocenters. The van der Waals surface area contributed by atoms with Gasteiger partial charge >= 0.3 is 0 Å². The van der Waals surface area contributed by atoms with Gasteiger partial charge in [-0.05, 0) is 31.3 Å². The molecule has 2 aromatic heterocycles. The molecule has 0 spiro atoms. The lowest BCUT2D eigenvalue weighted by atomic mass is 10.0. The Balaban J connectivity index is 1.84. The Morgan fingerprint density at radius 3 is 2.19 bits per heavy atom. The monoisotopic (exact) mass is 370 g/mol. The molecule has 6 heteroatoms. The van der Waals surface area contributed by atoms with Crippen molar-refractivity contribution in [2.75, 3.05) is 21.3 Å². The maximum Gasteiger partial charge on any atom is 0.179 e. The predicted molar refractivity (Wildman–Crippen MR) is 104 cm³/mol. The summed E-state index contributed by atoms with van der Waals surface area (Å²) in [5, 5.41) is 0. The zero-order valence-electron chi connectivity index (χ0n) is 16.2. The van der Waals surface area contributed by atoms with Crippen LogP contribution in [-0.4, -0.2) is 37.4 Å². The highest BCUT2D eigenvalue weighted by atomic mass is 16.5. The molecule has 27 heavy (non-hydrogen) atoms. The molecule has 0 aromatic carbocycles. The van der Waals surface area contributed by atoms with Gasteiger partial charge in [-0.2, -0.15) is 0 Å². The Hall–Kier alpha value is -2.76. The van der Waals surface area contributed by atoms with Gasteiger partial charge in [-0.1, -0.05) is 6.58 Å². The molecular weight excluding hydrogens is 344 g/mol. The van der Waals surface area contributed by atoms with Crippen molar-refractivity contribution >= 4 is 5.57 Å². The lowest BCUT2D eigenvalue weighted by molar-refractivity contribution is 0.200. The van der Waals surface area contributed by atoms with Crippen molar-refractivity contribution in [2.45, 2.75) is 38.2 Å². The fourth-order valence-corrected chi connectivity index (χ4v) is 3.33. The summed E-state index contributed by atoms with van der Waals surface area (Å²) >= 11 is 0. The number of aromatic nitrogens is 2. The molecule has 1 fully saturated rings. The average Bonchev–Trinajstić information content (AvgIpc) is 3.21. The van der Waals surface area contributed by atoms with Gasteiger partial charge in [0.25, 0.3) is 0 Å². The number of allylic oxidation sites excluding steroid dienone is 1. The third-order valence-corrected chi connectivity index (χ3v) is 4.82. The number of methoxy groups -OCH3 is 3. The normalized spacial score (nSPS) is 14.0. The van der Waals surface area contributed by atoms with E-state index in [-0.39, 0.29) is 6.10 Å². The van der Waals surface area contributed by atoms with Crippen LogP contribution in [0.2, 0.25) is 0 Å². The highest BCUT2D eigenvalue weighted by Crippen LogP contribution is 2.35. The minimum atomic E-state index is 0.239. The lowest BCUT2D eigenvalue weighted by Crippen LogP contribution is -2.12. The predicted octanol–water partition coefficient (Wildman–Crippen LogP) is 4.08. The van der Waals surface area contributed by atoms with Gasteiger partial charge in [0.2, 0.25) is 0 Å². The fraction of sp³-hybridized carbons (Fsp3) is 0.429. The van der Waals surface area contributed by atoms with Gasteiger partial charge in [0.15, 0.2) is 11.5 Å². The Morgan fingerprint density at radius 1 is 0.963 bits per heavy atom. The SMILES string of the molecule is C=C(Cc1c(OC)cncc1OC)c1cc(OC2CCCC2)c(OC)cn1. The van der Waals surface area contributed by atoms with Gasteiger partial charge in [-0.25, -0.2) is 0 Å². The van der Waals surface area contributed by atoms with Gasteiger partial charge < -0.3 is 18.9 Å². The average molecular weight is 370 g/mol. The number of hydrogen-bond donors (Lipinski definition) is 0. The van der Waals surface area contributed by atoms with E-state index < -0.39 is 0 Å². The first kappa shape index (κ1) is 19.0. The molecule has 1 saturated carbocycles. The summed E-state index contributed by atoms with van der Waals surface area (Å²) in [6.45, 7) is 4.21. The number of hydrogen-bond acceptors (Lipinski definition) is 6. The van der Waals surface area contributed by atoms with E-state index in [2.05, 4.69) is 16.5 Å². The maximum absolute atomic E-state index is 6.16. The largest absolute Gasteiger partial charge is 0.495 e. The molecule has 1 aliphatic carbocycles. The lowest BCUT2D eigenvalue weighted by Gasteiger charge is -2.17. The van der Waals surface area contributed by atoms with Gasteiger partial charge in [-0.15, -0.1) is 0 Å². The first-order chi connectivity index (χ1) is 13.2. The second-order valence-electron chi connectivity index (χ2n) is 6.55. The van der Waals surface area contributed by atoms with E-state index in [1.54, 1.807) is 39.9 Å². The van der Waals surface area contributed by atoms with Crippen LogP contribution in [0.5, 0.6) is 23.0 Å². The minimum Gasteiger partial charge on any atom is -0.495 e. The first-order valence-corrected chi connectivity index (χ1v) is 9.10. The van der Waals surface area contributed by atoms with E-state index in [0.29, 0.717) is 29.4 Å². The van der Waals surface area contributed by atoms with Crippen LogP contribution in [0.4, 0.5) is 0 Å².